The first kappa shape index (κ1) is 33.5. The van der Waals surface area contributed by atoms with Crippen molar-refractivity contribution < 1.29 is 46.3 Å². The Morgan fingerprint density at radius 1 is 1.29 bits per heavy atom. The molecule has 4 aliphatic rings. The van der Waals surface area contributed by atoms with Gasteiger partial charge in [-0.25, -0.2) is 9.78 Å². The summed E-state index contributed by atoms with van der Waals surface area (Å²) in [6, 6.07) is 4.20. The number of nitrogens with one attached hydrogen (secondary N) is 4. The molecule has 2 amide bonds. The lowest BCUT2D eigenvalue weighted by atomic mass is 9.84. The molecule has 6 rings (SSSR count). The number of carboxylic acid groups (broad SMARTS) is 1. The quantitative estimate of drug-likeness (QED) is 0.0518. The molecule has 3 fully saturated rings. The number of amidine groups is 1. The molecule has 2 saturated heterocycles. The Balaban J connectivity index is 1.18. The molecule has 20 heteroatoms. The standard InChI is InChI=1S/C28H34N8O10S2/c1-27(2)21(24(38)36(27)46-48(41,42)43)34-23(37)20(16-11-47-26(30)32-16)35-45-28(3,25(39)40)18-7-5-12-8-13(4-6-17(12)44-18)22(29)33-19-14-9-31-10-15(14)19/h4,6,8,11,14-15,18-19,21,31H,5,7,9-10H2,1-3H3,(H2,29,33)(H2,30,32)(H,34,37)(H,39,40)(H,41,42,43)/b35-20-/t14-,15+,18-,19-,21-,28+/m1/s1. The number of benzene rings is 1. The third kappa shape index (κ3) is 6.16. The average Bonchev–Trinajstić information content (AvgIpc) is 3.33. The first-order valence-corrected chi connectivity index (χ1v) is 17.1. The highest BCUT2D eigenvalue weighted by atomic mass is 32.3. The van der Waals surface area contributed by atoms with E-state index in [0.29, 0.717) is 40.5 Å². The van der Waals surface area contributed by atoms with Gasteiger partial charge in [-0.1, -0.05) is 5.16 Å². The van der Waals surface area contributed by atoms with Crippen molar-refractivity contribution in [1.29, 1.82) is 5.41 Å². The Morgan fingerprint density at radius 2 is 2.00 bits per heavy atom. The maximum atomic E-state index is 13.4. The normalized spacial score (nSPS) is 27.0. The molecule has 1 saturated carbocycles. The molecule has 4 heterocycles. The third-order valence-corrected chi connectivity index (χ3v) is 10.2. The van der Waals surface area contributed by atoms with Gasteiger partial charge < -0.3 is 36.4 Å². The fraction of sp³-hybridized carbons (Fsp3) is 0.500. The van der Waals surface area contributed by atoms with Crippen LogP contribution in [-0.4, -0.2) is 99.9 Å². The fourth-order valence-electron chi connectivity index (χ4n) is 6.21. The van der Waals surface area contributed by atoms with Gasteiger partial charge in [0.05, 0.1) is 5.54 Å². The molecule has 0 bridgehead atoms. The first-order valence-electron chi connectivity index (χ1n) is 14.9. The summed E-state index contributed by atoms with van der Waals surface area (Å²) in [5.74, 6) is -1.64. The second-order valence-corrected chi connectivity index (χ2v) is 14.6. The van der Waals surface area contributed by atoms with Crippen molar-refractivity contribution in [3.8, 4) is 5.75 Å². The zero-order valence-corrected chi connectivity index (χ0v) is 27.6. The Hall–Kier alpha value is -4.37. The maximum absolute atomic E-state index is 13.4. The number of thiazole rings is 1. The molecule has 0 unspecified atom stereocenters. The third-order valence-electron chi connectivity index (χ3n) is 9.16. The summed E-state index contributed by atoms with van der Waals surface area (Å²) in [5, 5.41) is 33.5. The number of hydrogen-bond acceptors (Lipinski definition) is 14. The van der Waals surface area contributed by atoms with E-state index < -0.39 is 57.2 Å². The zero-order valence-electron chi connectivity index (χ0n) is 25.9. The van der Waals surface area contributed by atoms with Crippen LogP contribution in [0.1, 0.15) is 44.0 Å². The molecule has 1 aromatic heterocycles. The highest BCUT2D eigenvalue weighted by molar-refractivity contribution is 7.80. The van der Waals surface area contributed by atoms with Crippen LogP contribution >= 0.6 is 11.3 Å². The number of anilines is 1. The number of nitrogens with zero attached hydrogens (tertiary/aromatic N) is 3. The summed E-state index contributed by atoms with van der Waals surface area (Å²) in [6.45, 7) is 5.88. The van der Waals surface area contributed by atoms with Gasteiger partial charge in [0.15, 0.2) is 16.9 Å². The Bertz CT molecular complexity index is 1820. The van der Waals surface area contributed by atoms with Gasteiger partial charge in [0, 0.05) is 30.1 Å². The Labute approximate surface area is 278 Å². The number of β-lactam (4-membered cyclic amide) rings is 1. The van der Waals surface area contributed by atoms with Crippen molar-refractivity contribution >= 4 is 56.2 Å². The van der Waals surface area contributed by atoms with Gasteiger partial charge in [0.25, 0.3) is 17.4 Å². The van der Waals surface area contributed by atoms with Crippen molar-refractivity contribution in [2.24, 2.45) is 17.0 Å². The van der Waals surface area contributed by atoms with Crippen LogP contribution in [0.5, 0.6) is 5.75 Å². The van der Waals surface area contributed by atoms with Gasteiger partial charge in [-0.15, -0.1) is 15.6 Å². The van der Waals surface area contributed by atoms with E-state index in [1.807, 2.05) is 6.07 Å². The van der Waals surface area contributed by atoms with E-state index in [9.17, 15) is 27.9 Å². The number of hydrogen-bond donors (Lipinski definition) is 7. The van der Waals surface area contributed by atoms with Gasteiger partial charge in [0.2, 0.25) is 0 Å². The summed E-state index contributed by atoms with van der Waals surface area (Å²) < 4.78 is 41.7. The number of nitrogen functional groups attached to an aromatic ring is 1. The van der Waals surface area contributed by atoms with E-state index in [1.54, 1.807) is 12.1 Å². The second kappa shape index (κ2) is 11.9. The molecule has 0 spiro atoms. The van der Waals surface area contributed by atoms with E-state index in [4.69, 9.17) is 25.3 Å². The monoisotopic (exact) mass is 706 g/mol. The van der Waals surface area contributed by atoms with Gasteiger partial charge in [-0.3, -0.25) is 19.6 Å². The number of aliphatic carboxylic acids is 1. The number of carbonyl (C=O) groups excluding carboxylic acids is 2. The molecular weight excluding hydrogens is 672 g/mol. The van der Waals surface area contributed by atoms with E-state index in [0.717, 1.165) is 30.0 Å². The number of fused-ring (bicyclic) bond motifs is 2. The van der Waals surface area contributed by atoms with E-state index >= 15 is 0 Å². The van der Waals surface area contributed by atoms with E-state index in [1.165, 1.54) is 26.2 Å². The number of carboxylic acids is 1. The van der Waals surface area contributed by atoms with Gasteiger partial charge in [-0.2, -0.15) is 13.5 Å². The first-order chi connectivity index (χ1) is 22.5. The molecule has 6 atom stereocenters. The summed E-state index contributed by atoms with van der Waals surface area (Å²) >= 11 is 0.967. The number of rotatable bonds is 11. The molecular formula is C28H34N8O10S2. The molecule has 1 aromatic carbocycles. The number of oxime groups is 1. The largest absolute Gasteiger partial charge is 0.485 e. The summed E-state index contributed by atoms with van der Waals surface area (Å²) in [4.78, 5) is 48.3. The van der Waals surface area contributed by atoms with Crippen LogP contribution in [-0.2, 0) is 40.3 Å². The molecule has 8 N–H and O–H groups in total. The molecule has 3 aliphatic heterocycles. The highest BCUT2D eigenvalue weighted by Gasteiger charge is 2.58. The van der Waals surface area contributed by atoms with Crippen molar-refractivity contribution in [1.82, 2.24) is 26.0 Å². The molecule has 258 valence electrons. The lowest BCUT2D eigenvalue weighted by Gasteiger charge is -2.50. The smallest absolute Gasteiger partial charge is 0.418 e. The van der Waals surface area contributed by atoms with Crippen molar-refractivity contribution in [3.63, 3.8) is 0 Å². The minimum Gasteiger partial charge on any atom is -0.485 e. The van der Waals surface area contributed by atoms with Gasteiger partial charge in [-0.05, 0) is 69.2 Å². The van der Waals surface area contributed by atoms with Gasteiger partial charge in [0.1, 0.15) is 23.3 Å². The molecule has 18 nitrogen and oxygen atoms in total. The van der Waals surface area contributed by atoms with Crippen LogP contribution in [0.4, 0.5) is 5.13 Å². The van der Waals surface area contributed by atoms with Crippen LogP contribution in [0.15, 0.2) is 28.7 Å². The van der Waals surface area contributed by atoms with Crippen molar-refractivity contribution in [2.75, 3.05) is 18.8 Å². The number of aromatic nitrogens is 1. The SMILES string of the molecule is CC1(C)[C@H](NC(=O)/C(=N\O[C@](C)(C(=O)O)[C@H]2CCc3cc(C(=N)N[C@@H]4[C@@H]5CNC[C@@H]54)ccc3O2)c2csc(N)n2)C(=O)N1OS(=O)(=O)O. The lowest BCUT2D eigenvalue weighted by molar-refractivity contribution is -0.218. The number of nitrogens with two attached hydrogens (primary N) is 1. The van der Waals surface area contributed by atoms with Crippen molar-refractivity contribution in [2.45, 2.75) is 62.9 Å². The summed E-state index contributed by atoms with van der Waals surface area (Å²) in [5.41, 5.74) is 3.10. The molecule has 2 aromatic rings. The number of amides is 2. The highest BCUT2D eigenvalue weighted by Crippen LogP contribution is 2.42. The Morgan fingerprint density at radius 3 is 2.60 bits per heavy atom. The van der Waals surface area contributed by atoms with Crippen LogP contribution in [0.3, 0.4) is 0 Å². The van der Waals surface area contributed by atoms with E-state index in [-0.39, 0.29) is 23.3 Å². The van der Waals surface area contributed by atoms with Crippen LogP contribution in [0, 0.1) is 17.2 Å². The lowest BCUT2D eigenvalue weighted by Crippen LogP contribution is -2.76. The molecule has 0 radical (unpaired) electrons. The van der Waals surface area contributed by atoms with Crippen LogP contribution in [0.25, 0.3) is 0 Å². The summed E-state index contributed by atoms with van der Waals surface area (Å²) in [7, 11) is -5.03. The zero-order chi connectivity index (χ0) is 34.8. The number of carbonyl (C=O) groups is 3. The van der Waals surface area contributed by atoms with Gasteiger partial charge >= 0.3 is 16.4 Å². The average molecular weight is 707 g/mol. The number of hydroxylamine groups is 2. The van der Waals surface area contributed by atoms with E-state index in [2.05, 4.69) is 30.4 Å². The molecule has 1 aliphatic carbocycles. The maximum Gasteiger partial charge on any atom is 0.418 e. The minimum atomic E-state index is -5.03. The topological polar surface area (TPSA) is 268 Å². The fourth-order valence-corrected chi connectivity index (χ4v) is 7.21. The van der Waals surface area contributed by atoms with Crippen LogP contribution in [0.2, 0.25) is 0 Å². The predicted molar refractivity (Wildman–Crippen MR) is 168 cm³/mol. The Kier molecular flexibility index (Phi) is 8.35. The second-order valence-electron chi connectivity index (χ2n) is 12.7. The predicted octanol–water partition coefficient (Wildman–Crippen LogP) is -0.344. The number of ether oxygens (including phenoxy) is 1. The van der Waals surface area contributed by atoms with Crippen molar-refractivity contribution in [3.05, 3.63) is 40.4 Å². The minimum absolute atomic E-state index is 0.0612. The molecule has 48 heavy (non-hydrogen) atoms. The number of aryl methyl sites for hydroxylation is 1. The summed E-state index contributed by atoms with van der Waals surface area (Å²) in [6.07, 6.45) is -0.448. The number of piperidine rings is 1. The van der Waals surface area contributed by atoms with Crippen LogP contribution < -0.4 is 26.4 Å².